The van der Waals surface area contributed by atoms with Gasteiger partial charge in [0, 0.05) is 24.6 Å². The fourth-order valence-corrected chi connectivity index (χ4v) is 4.34. The van der Waals surface area contributed by atoms with Crippen LogP contribution in [0.5, 0.6) is 0 Å². The highest BCUT2D eigenvalue weighted by atomic mass is 32.2. The predicted molar refractivity (Wildman–Crippen MR) is 88.4 cm³/mol. The van der Waals surface area contributed by atoms with Crippen LogP contribution in [-0.2, 0) is 10.0 Å². The Morgan fingerprint density at radius 3 is 2.25 bits per heavy atom. The molecule has 0 spiro atoms. The van der Waals surface area contributed by atoms with Crippen LogP contribution in [0.25, 0.3) is 0 Å². The first-order valence-corrected chi connectivity index (χ1v) is 8.99. The van der Waals surface area contributed by atoms with Crippen molar-refractivity contribution in [1.29, 1.82) is 0 Å². The minimum absolute atomic E-state index is 0.0207. The maximum absolute atomic E-state index is 13.4. The van der Waals surface area contributed by atoms with Gasteiger partial charge >= 0.3 is 0 Å². The zero-order valence-corrected chi connectivity index (χ0v) is 13.9. The predicted octanol–water partition coefficient (Wildman–Crippen LogP) is 3.93. The Bertz CT molecular complexity index is 858. The van der Waals surface area contributed by atoms with Gasteiger partial charge in [0.05, 0.1) is 4.90 Å². The summed E-state index contributed by atoms with van der Waals surface area (Å²) in [6.07, 6.45) is -1.80. The van der Waals surface area contributed by atoms with Crippen LogP contribution in [-0.4, -0.2) is 25.8 Å². The van der Waals surface area contributed by atoms with E-state index in [0.717, 1.165) is 9.87 Å². The van der Waals surface area contributed by atoms with Crippen LogP contribution >= 0.6 is 0 Å². The molecular formula is C18H17F2NO2S. The Morgan fingerprint density at radius 2 is 1.67 bits per heavy atom. The van der Waals surface area contributed by atoms with E-state index < -0.39 is 22.0 Å². The zero-order valence-electron chi connectivity index (χ0n) is 13.1. The van der Waals surface area contributed by atoms with Crippen molar-refractivity contribution < 1.29 is 17.2 Å². The van der Waals surface area contributed by atoms with Crippen LogP contribution in [0.1, 0.15) is 17.0 Å². The van der Waals surface area contributed by atoms with E-state index in [1.807, 2.05) is 6.92 Å². The van der Waals surface area contributed by atoms with Crippen molar-refractivity contribution in [3.8, 4) is 0 Å². The molecule has 3 nitrogen and oxygen atoms in total. The first-order valence-electron chi connectivity index (χ1n) is 7.55. The number of hydrogen-bond acceptors (Lipinski definition) is 2. The lowest BCUT2D eigenvalue weighted by Crippen LogP contribution is -2.28. The van der Waals surface area contributed by atoms with Gasteiger partial charge in [0.15, 0.2) is 0 Å². The number of halogens is 2. The fraction of sp³-hybridized carbons (Fsp3) is 0.222. The molecule has 6 heteroatoms. The summed E-state index contributed by atoms with van der Waals surface area (Å²) in [7, 11) is -3.80. The van der Waals surface area contributed by atoms with Gasteiger partial charge in [-0.15, -0.1) is 0 Å². The third-order valence-electron chi connectivity index (χ3n) is 4.26. The largest absolute Gasteiger partial charge is 0.271 e. The van der Waals surface area contributed by atoms with Crippen LogP contribution in [0.15, 0.2) is 71.1 Å². The molecular weight excluding hydrogens is 332 g/mol. The van der Waals surface area contributed by atoms with Crippen molar-refractivity contribution in [2.45, 2.75) is 17.7 Å². The van der Waals surface area contributed by atoms with Crippen LogP contribution < -0.4 is 0 Å². The normalized spacial score (nSPS) is 18.8. The van der Waals surface area contributed by atoms with Gasteiger partial charge in [-0.05, 0) is 24.6 Å². The van der Waals surface area contributed by atoms with Crippen molar-refractivity contribution in [3.05, 3.63) is 77.4 Å². The molecule has 0 amide bonds. The molecule has 2 aromatic rings. The molecule has 0 aromatic heterocycles. The lowest BCUT2D eigenvalue weighted by molar-refractivity contribution is 0.406. The van der Waals surface area contributed by atoms with Crippen LogP contribution in [0.3, 0.4) is 0 Å². The van der Waals surface area contributed by atoms with Gasteiger partial charge in [0.1, 0.15) is 0 Å². The maximum atomic E-state index is 13.4. The van der Waals surface area contributed by atoms with Crippen molar-refractivity contribution in [3.63, 3.8) is 0 Å². The highest BCUT2D eigenvalue weighted by Gasteiger charge is 2.38. The molecule has 0 saturated carbocycles. The van der Waals surface area contributed by atoms with Gasteiger partial charge in [-0.3, -0.25) is 0 Å². The highest BCUT2D eigenvalue weighted by Crippen LogP contribution is 2.37. The number of nitrogens with zero attached hydrogens (tertiary/aromatic N) is 1. The molecule has 24 heavy (non-hydrogen) atoms. The van der Waals surface area contributed by atoms with Crippen molar-refractivity contribution in [1.82, 2.24) is 4.31 Å². The fourth-order valence-electron chi connectivity index (χ4n) is 2.90. The van der Waals surface area contributed by atoms with Gasteiger partial charge in [-0.25, -0.2) is 8.42 Å². The Kier molecular flexibility index (Phi) is 4.51. The summed E-state index contributed by atoms with van der Waals surface area (Å²) in [5.74, 6) is -0.614. The van der Waals surface area contributed by atoms with E-state index in [2.05, 4.69) is 0 Å². The zero-order chi connectivity index (χ0) is 17.3. The lowest BCUT2D eigenvalue weighted by Gasteiger charge is -2.16. The molecule has 2 aromatic carbocycles. The summed E-state index contributed by atoms with van der Waals surface area (Å²) in [5, 5.41) is 0. The maximum Gasteiger partial charge on any atom is 0.271 e. The van der Waals surface area contributed by atoms with E-state index in [0.29, 0.717) is 5.56 Å². The second-order valence-corrected chi connectivity index (χ2v) is 7.80. The van der Waals surface area contributed by atoms with Crippen LogP contribution in [0.2, 0.25) is 0 Å². The van der Waals surface area contributed by atoms with E-state index in [1.165, 1.54) is 12.1 Å². The average Bonchev–Trinajstić information content (AvgIpc) is 3.02. The third kappa shape index (κ3) is 3.12. The monoisotopic (exact) mass is 349 g/mol. The number of rotatable bonds is 3. The summed E-state index contributed by atoms with van der Waals surface area (Å²) in [5.41, 5.74) is 1.51. The summed E-state index contributed by atoms with van der Waals surface area (Å²) in [4.78, 5) is 0.125. The molecule has 1 fully saturated rings. The summed E-state index contributed by atoms with van der Waals surface area (Å²) in [6, 6.07) is 15.2. The number of sulfonamides is 1. The topological polar surface area (TPSA) is 37.4 Å². The first-order chi connectivity index (χ1) is 11.4. The average molecular weight is 349 g/mol. The number of aryl methyl sites for hydroxylation is 1. The molecule has 1 aliphatic heterocycles. The van der Waals surface area contributed by atoms with Crippen LogP contribution in [0.4, 0.5) is 8.78 Å². The SMILES string of the molecule is Cc1ccc(S(=O)(=O)N2CC(=C(F)F)C(c3ccccc3)C2)cc1. The molecule has 0 bridgehead atoms. The van der Waals surface area contributed by atoms with Crippen LogP contribution in [0, 0.1) is 6.92 Å². The van der Waals surface area contributed by atoms with E-state index >= 15 is 0 Å². The summed E-state index contributed by atoms with van der Waals surface area (Å²) in [6.45, 7) is 1.60. The Balaban J connectivity index is 1.96. The van der Waals surface area contributed by atoms with Gasteiger partial charge in [0.25, 0.3) is 6.08 Å². The van der Waals surface area contributed by atoms with Gasteiger partial charge < -0.3 is 0 Å². The van der Waals surface area contributed by atoms with Gasteiger partial charge in [-0.2, -0.15) is 13.1 Å². The van der Waals surface area contributed by atoms with Crippen molar-refractivity contribution in [2.24, 2.45) is 0 Å². The Morgan fingerprint density at radius 1 is 1.04 bits per heavy atom. The van der Waals surface area contributed by atoms with Gasteiger partial charge in [-0.1, -0.05) is 48.0 Å². The molecule has 3 rings (SSSR count). The molecule has 0 N–H and O–H groups in total. The van der Waals surface area contributed by atoms with E-state index in [4.69, 9.17) is 0 Å². The molecule has 0 aliphatic carbocycles. The molecule has 1 heterocycles. The minimum atomic E-state index is -3.80. The Hall–Kier alpha value is -2.05. The molecule has 126 valence electrons. The standard InChI is InChI=1S/C18H17F2NO2S/c1-13-7-9-15(10-8-13)24(22,23)21-11-16(17(12-21)18(19)20)14-5-3-2-4-6-14/h2-10,16H,11-12H2,1H3. The molecule has 1 aliphatic rings. The Labute approximate surface area is 140 Å². The minimum Gasteiger partial charge on any atom is -0.207 e. The number of benzene rings is 2. The molecule has 1 atom stereocenters. The second-order valence-electron chi connectivity index (χ2n) is 5.86. The molecule has 1 unspecified atom stereocenters. The highest BCUT2D eigenvalue weighted by molar-refractivity contribution is 7.89. The van der Waals surface area contributed by atoms with E-state index in [-0.39, 0.29) is 23.6 Å². The molecule has 0 radical (unpaired) electrons. The summed E-state index contributed by atoms with van der Waals surface area (Å²) >= 11 is 0. The molecule has 1 saturated heterocycles. The summed E-state index contributed by atoms with van der Waals surface area (Å²) < 4.78 is 53.3. The lowest BCUT2D eigenvalue weighted by atomic mass is 9.95. The van der Waals surface area contributed by atoms with Crippen molar-refractivity contribution in [2.75, 3.05) is 13.1 Å². The first kappa shape index (κ1) is 16.8. The van der Waals surface area contributed by atoms with Gasteiger partial charge in [0.2, 0.25) is 10.0 Å². The number of hydrogen-bond donors (Lipinski definition) is 0. The third-order valence-corrected chi connectivity index (χ3v) is 6.08. The van der Waals surface area contributed by atoms with E-state index in [9.17, 15) is 17.2 Å². The van der Waals surface area contributed by atoms with E-state index in [1.54, 1.807) is 42.5 Å². The smallest absolute Gasteiger partial charge is 0.207 e. The van der Waals surface area contributed by atoms with Crippen molar-refractivity contribution >= 4 is 10.0 Å². The second kappa shape index (κ2) is 6.45. The quantitative estimate of drug-likeness (QED) is 0.842.